The number of carboxylic acid groups (broad SMARTS) is 1. The van der Waals surface area contributed by atoms with Crippen LogP contribution in [0.2, 0.25) is 5.15 Å². The second kappa shape index (κ2) is 43.9. The molecule has 0 bridgehead atoms. The number of nitrogens with zero attached hydrogens (tertiary/aromatic N) is 13. The Balaban J connectivity index is 0.000000243. The Hall–Kier alpha value is -10.2. The van der Waals surface area contributed by atoms with Crippen molar-refractivity contribution in [3.05, 3.63) is 234 Å². The molecule has 0 radical (unpaired) electrons. The number of hydrogen-bond acceptors (Lipinski definition) is 25. The van der Waals surface area contributed by atoms with E-state index in [1.807, 2.05) is 38.0 Å². The van der Waals surface area contributed by atoms with E-state index in [0.717, 1.165) is 20.7 Å². The van der Waals surface area contributed by atoms with Gasteiger partial charge in [0.15, 0.2) is 0 Å². The molecule has 2 saturated carbocycles. The van der Waals surface area contributed by atoms with Gasteiger partial charge >= 0.3 is 41.9 Å². The Morgan fingerprint density at radius 2 is 0.908 bits per heavy atom. The van der Waals surface area contributed by atoms with Gasteiger partial charge < -0.3 is 48.4 Å². The van der Waals surface area contributed by atoms with Crippen LogP contribution in [0.1, 0.15) is 105 Å². The summed E-state index contributed by atoms with van der Waals surface area (Å²) in [6.45, 7) is 4.53. The van der Waals surface area contributed by atoms with Crippen LogP contribution in [0.3, 0.4) is 0 Å². The number of likely N-dealkylation sites (N-methyl/N-ethyl adjacent to an activating group) is 2. The minimum absolute atomic E-state index is 0. The molecular formula is C80H90ClF6N14NaO15S3. The van der Waals surface area contributed by atoms with Gasteiger partial charge in [-0.2, -0.15) is 26.3 Å². The summed E-state index contributed by atoms with van der Waals surface area (Å²) in [5.41, 5.74) is 0.479. The standard InChI is InChI=1S/C33H36F3N5O5S.C24H26F3N5O3S.C18H17ClN4O4S.C4H9O.CH2O2.Na/c1-40(2)28-17-23(22-6-5-7-25(16-22)33(34,35)36)9-12-29(28)46-32-13-11-27(19-38-32)47(42,43)41(31-14-15-37-21-39-31)20-24-8-10-26(44-3)18-30(24)45-4;1-32(2)20-13-17(16-4-3-5-18(12-16)24(25,26)27)6-8-21(20)35-23-9-7-19(14-29-23)36(33,34)31-22-10-11-28-15-30-22;1-26-14-4-3-13(16(9-14)27-2)11-23(18-7-8-20-12-22-18)28(24,25)15-5-6-17(19)21-10-15;1-4(2,3)5;2-1-3;/h5-8,10-11,13-16,18-19,21,23,28-29H,9,12,17,20H2,1-4H3;3-5,7,9-12,14-15,17,20-21H,6,8,13H2,1-2H3,(H,28,30,31);3-10,12H,11H2,1-2H3;1-3H3;1H,(H,2,3);/q;;;-1;;+1/t23-,28-,29-;17-,20-,21-;;;;/m00..../s1. The molecule has 0 aliphatic heterocycles. The maximum atomic E-state index is 14.0. The first-order valence-electron chi connectivity index (χ1n) is 36.4. The van der Waals surface area contributed by atoms with Crippen LogP contribution in [-0.4, -0.2) is 178 Å². The molecule has 2 aliphatic rings. The molecule has 0 unspecified atom stereocenters. The van der Waals surface area contributed by atoms with Gasteiger partial charge in [0.1, 0.15) is 91.5 Å². The molecule has 29 nitrogen and oxygen atoms in total. The summed E-state index contributed by atoms with van der Waals surface area (Å²) in [5.74, 6) is 3.00. The number of halogens is 7. The number of benzene rings is 4. The number of nitrogens with one attached hydrogen (secondary N) is 1. The van der Waals surface area contributed by atoms with Crippen LogP contribution in [0.15, 0.2) is 210 Å². The molecule has 638 valence electrons. The van der Waals surface area contributed by atoms with Gasteiger partial charge in [0.25, 0.3) is 36.5 Å². The monoisotopic (exact) mass is 1750 g/mol. The predicted octanol–water partition coefficient (Wildman–Crippen LogP) is 10.1. The average molecular weight is 1760 g/mol. The molecular weight excluding hydrogens is 1670 g/mol. The Morgan fingerprint density at radius 3 is 1.24 bits per heavy atom. The zero-order valence-corrected chi connectivity index (χ0v) is 72.7. The number of aromatic nitrogens is 9. The number of methoxy groups -OCH3 is 4. The van der Waals surface area contributed by atoms with Gasteiger partial charge in [-0.15, -0.1) is 5.60 Å². The van der Waals surface area contributed by atoms with Crippen molar-refractivity contribution in [2.45, 2.75) is 141 Å². The molecule has 0 saturated heterocycles. The third-order valence-corrected chi connectivity index (χ3v) is 23.5. The summed E-state index contributed by atoms with van der Waals surface area (Å²) in [4.78, 5) is 48.2. The quantitative estimate of drug-likeness (QED) is 0.0232. The maximum absolute atomic E-state index is 14.0. The van der Waals surface area contributed by atoms with E-state index in [-0.39, 0.29) is 134 Å². The van der Waals surface area contributed by atoms with E-state index in [9.17, 15) is 56.7 Å². The first-order valence-corrected chi connectivity index (χ1v) is 41.1. The summed E-state index contributed by atoms with van der Waals surface area (Å²) in [5, 5.41) is 17.2. The molecule has 6 heterocycles. The fraction of sp³-hybridized carbons (Fsp3) is 0.350. The number of alkyl halides is 6. The Bertz CT molecular complexity index is 5250. The Labute approximate surface area is 720 Å². The summed E-state index contributed by atoms with van der Waals surface area (Å²) < 4.78 is 198. The van der Waals surface area contributed by atoms with Crippen LogP contribution in [0, 0.1) is 0 Å². The van der Waals surface area contributed by atoms with E-state index in [2.05, 4.69) is 49.6 Å². The van der Waals surface area contributed by atoms with Crippen LogP contribution in [0.5, 0.6) is 34.8 Å². The maximum Gasteiger partial charge on any atom is 1.00 e. The van der Waals surface area contributed by atoms with E-state index in [1.54, 1.807) is 76.4 Å². The predicted molar refractivity (Wildman–Crippen MR) is 429 cm³/mol. The fourth-order valence-electron chi connectivity index (χ4n) is 12.7. The van der Waals surface area contributed by atoms with Gasteiger partial charge in [-0.05, 0) is 156 Å². The summed E-state index contributed by atoms with van der Waals surface area (Å²) in [6.07, 6.45) is 6.12. The summed E-state index contributed by atoms with van der Waals surface area (Å²) >= 11 is 5.79. The number of pyridine rings is 3. The number of hydrogen-bond donors (Lipinski definition) is 2. The topological polar surface area (TPSA) is 359 Å². The van der Waals surface area contributed by atoms with Crippen LogP contribution in [-0.2, 0) is 60.3 Å². The van der Waals surface area contributed by atoms with Gasteiger partial charge in [-0.25, -0.2) is 78.7 Å². The minimum atomic E-state index is -4.41. The molecule has 12 rings (SSSR count). The number of anilines is 3. The molecule has 2 fully saturated rings. The van der Waals surface area contributed by atoms with Crippen molar-refractivity contribution in [2.75, 3.05) is 70.0 Å². The van der Waals surface area contributed by atoms with E-state index < -0.39 is 59.2 Å². The van der Waals surface area contributed by atoms with E-state index >= 15 is 0 Å². The zero-order chi connectivity index (χ0) is 87.0. The van der Waals surface area contributed by atoms with Crippen LogP contribution in [0.25, 0.3) is 0 Å². The Kier molecular flexibility index (Phi) is 35.5. The summed E-state index contributed by atoms with van der Waals surface area (Å²) in [6, 6.07) is 34.1. The van der Waals surface area contributed by atoms with Crippen molar-refractivity contribution in [3.63, 3.8) is 0 Å². The normalized spacial score (nSPS) is 16.7. The molecule has 6 atom stereocenters. The molecule has 4 aromatic carbocycles. The van der Waals surface area contributed by atoms with Gasteiger partial charge in [-0.1, -0.05) is 68.8 Å². The third-order valence-electron chi connectivity index (χ3n) is 18.4. The molecule has 0 amide bonds. The molecule has 6 aromatic heterocycles. The molecule has 2 aliphatic carbocycles. The fourth-order valence-corrected chi connectivity index (χ4v) is 16.4. The van der Waals surface area contributed by atoms with Gasteiger partial charge in [-0.3, -0.25) is 9.52 Å². The van der Waals surface area contributed by atoms with Gasteiger partial charge in [0.2, 0.25) is 11.8 Å². The number of sulfonamides is 3. The van der Waals surface area contributed by atoms with Gasteiger partial charge in [0, 0.05) is 84.4 Å². The SMILES string of the molecule is CC(C)(C)[O-].CN(C)[C@H]1C[C@@H](c2cccc(C(F)(F)F)c2)CC[C@@H]1Oc1ccc(S(=O)(=O)Nc2ccncn2)cn1.COc1ccc(CN(c2ccncn2)S(=O)(=O)c2ccc(Cl)nc2)c(OC)c1.COc1ccc(CN(c2ccncn2)S(=O)(=O)c2ccc(O[C@H]3CC[C@H](c4cccc(C(F)(F)F)c4)C[C@@H]3N(C)C)nc2)c(OC)c1.O=CO.[Na+]. The van der Waals surface area contributed by atoms with Crippen LogP contribution >= 0.6 is 11.6 Å². The number of carbonyl (C=O) groups is 1. The molecule has 2 N–H and O–H groups in total. The molecule has 120 heavy (non-hydrogen) atoms. The van der Waals surface area contributed by atoms with Gasteiger partial charge in [0.05, 0.1) is 65.0 Å². The zero-order valence-electron chi connectivity index (χ0n) is 67.5. The molecule has 40 heteroatoms. The van der Waals surface area contributed by atoms with Crippen molar-refractivity contribution in [3.8, 4) is 34.8 Å². The second-order valence-corrected chi connectivity index (χ2v) is 33.8. The largest absolute Gasteiger partial charge is 1.00 e. The second-order valence-electron chi connectivity index (χ2n) is 28.1. The smallest absolute Gasteiger partial charge is 0.850 e. The number of rotatable bonds is 25. The molecule has 10 aromatic rings. The van der Waals surface area contributed by atoms with Crippen molar-refractivity contribution in [1.82, 2.24) is 54.7 Å². The van der Waals surface area contributed by atoms with Crippen LogP contribution in [0.4, 0.5) is 43.8 Å². The molecule has 0 spiro atoms. The van der Waals surface area contributed by atoms with E-state index in [0.29, 0.717) is 83.8 Å². The van der Waals surface area contributed by atoms with Crippen molar-refractivity contribution < 1.29 is 125 Å². The third kappa shape index (κ3) is 27.7. The number of ether oxygens (including phenoxy) is 6. The minimum Gasteiger partial charge on any atom is -0.850 e. The van der Waals surface area contributed by atoms with Crippen molar-refractivity contribution >= 4 is 65.6 Å². The Morgan fingerprint density at radius 1 is 0.517 bits per heavy atom. The van der Waals surface area contributed by atoms with E-state index in [4.69, 9.17) is 49.9 Å². The average Bonchev–Trinajstić information content (AvgIpc) is 0.780. The van der Waals surface area contributed by atoms with Crippen molar-refractivity contribution in [2.24, 2.45) is 0 Å². The first kappa shape index (κ1) is 97.0. The first-order chi connectivity index (χ1) is 56.3. The summed E-state index contributed by atoms with van der Waals surface area (Å²) in [7, 11) is 1.63. The van der Waals surface area contributed by atoms with E-state index in [1.165, 1.54) is 156 Å². The van der Waals surface area contributed by atoms with Crippen molar-refractivity contribution in [1.29, 1.82) is 0 Å². The van der Waals surface area contributed by atoms with Crippen LogP contribution < -0.4 is 76.4 Å².